The number of nitrogens with zero attached hydrogens (tertiary/aromatic N) is 1. The second kappa shape index (κ2) is 7.09. The van der Waals surface area contributed by atoms with E-state index in [1.807, 2.05) is 12.1 Å². The van der Waals surface area contributed by atoms with Crippen molar-refractivity contribution in [3.8, 4) is 11.5 Å². The smallest absolute Gasteiger partial charge is 0.157 e. The largest absolute Gasteiger partial charge is 0.507 e. The molecule has 0 spiro atoms. The summed E-state index contributed by atoms with van der Waals surface area (Å²) in [6, 6.07) is 11.8. The Kier molecular flexibility index (Phi) is 4.94. The fourth-order valence-corrected chi connectivity index (χ4v) is 1.84. The average molecular weight is 300 g/mol. The third-order valence-corrected chi connectivity index (χ3v) is 2.99. The molecular formula is C15H16N4O3. The molecule has 0 aliphatic carbocycles. The van der Waals surface area contributed by atoms with Gasteiger partial charge in [-0.05, 0) is 17.7 Å². The summed E-state index contributed by atoms with van der Waals surface area (Å²) in [6.07, 6.45) is 0.560. The molecule has 2 rings (SSSR count). The van der Waals surface area contributed by atoms with Gasteiger partial charge in [0.25, 0.3) is 0 Å². The van der Waals surface area contributed by atoms with E-state index in [0.29, 0.717) is 17.6 Å². The Hall–Kier alpha value is -3.06. The van der Waals surface area contributed by atoms with Crippen molar-refractivity contribution in [2.45, 2.75) is 6.61 Å². The number of phenols is 1. The Morgan fingerprint density at radius 1 is 1.27 bits per heavy atom. The number of phenolic OH excluding ortho intramolecular Hbond substituents is 1. The number of aromatic hydroxyl groups is 1. The minimum Gasteiger partial charge on any atom is -0.507 e. The van der Waals surface area contributed by atoms with Crippen molar-refractivity contribution < 1.29 is 14.6 Å². The molecule has 2 aromatic rings. The van der Waals surface area contributed by atoms with Gasteiger partial charge in [-0.15, -0.1) is 5.10 Å². The molecule has 6 N–H and O–H groups in total. The number of carbonyl (C=O) groups excluding carboxylic acids is 1. The summed E-state index contributed by atoms with van der Waals surface area (Å²) in [5.74, 6) is 5.55. The lowest BCUT2D eigenvalue weighted by molar-refractivity contribution is 0.111. The molecule has 2 aromatic carbocycles. The lowest BCUT2D eigenvalue weighted by Gasteiger charge is -2.10. The van der Waals surface area contributed by atoms with E-state index in [0.717, 1.165) is 5.56 Å². The highest BCUT2D eigenvalue weighted by Gasteiger charge is 2.08. The van der Waals surface area contributed by atoms with Gasteiger partial charge in [-0.3, -0.25) is 4.79 Å². The van der Waals surface area contributed by atoms with Gasteiger partial charge in [0.1, 0.15) is 18.1 Å². The SMILES string of the molecule is NN/N=C(\N)c1ccc(COc2cccc(O)c2C=O)cc1. The molecule has 0 bridgehead atoms. The number of hydrazine groups is 1. The van der Waals surface area contributed by atoms with Gasteiger partial charge in [0.2, 0.25) is 0 Å². The summed E-state index contributed by atoms with van der Waals surface area (Å²) in [7, 11) is 0. The second-order valence-electron chi connectivity index (χ2n) is 4.42. The first kappa shape index (κ1) is 15.3. The molecule has 0 saturated heterocycles. The quantitative estimate of drug-likeness (QED) is 0.206. The molecule has 0 fully saturated rings. The third-order valence-electron chi connectivity index (χ3n) is 2.99. The van der Waals surface area contributed by atoms with Crippen LogP contribution in [0.25, 0.3) is 0 Å². The molecule has 0 unspecified atom stereocenters. The number of ether oxygens (including phenoxy) is 1. The number of nitrogens with one attached hydrogen (secondary N) is 1. The van der Waals surface area contributed by atoms with Crippen molar-refractivity contribution in [2.75, 3.05) is 0 Å². The summed E-state index contributed by atoms with van der Waals surface area (Å²) in [6.45, 7) is 0.247. The number of carbonyl (C=O) groups is 1. The topological polar surface area (TPSA) is 123 Å². The first-order valence-corrected chi connectivity index (χ1v) is 6.43. The molecule has 7 nitrogen and oxygen atoms in total. The summed E-state index contributed by atoms with van der Waals surface area (Å²) < 4.78 is 5.56. The van der Waals surface area contributed by atoms with E-state index >= 15 is 0 Å². The lowest BCUT2D eigenvalue weighted by Crippen LogP contribution is -2.22. The minimum absolute atomic E-state index is 0.110. The minimum atomic E-state index is -0.110. The second-order valence-corrected chi connectivity index (χ2v) is 4.42. The third kappa shape index (κ3) is 3.53. The average Bonchev–Trinajstić information content (AvgIpc) is 2.53. The lowest BCUT2D eigenvalue weighted by atomic mass is 10.1. The van der Waals surface area contributed by atoms with E-state index in [1.165, 1.54) is 6.07 Å². The van der Waals surface area contributed by atoms with Crippen LogP contribution < -0.4 is 21.8 Å². The van der Waals surface area contributed by atoms with E-state index in [-0.39, 0.29) is 23.8 Å². The first-order valence-electron chi connectivity index (χ1n) is 6.43. The summed E-state index contributed by atoms with van der Waals surface area (Å²) in [5.41, 5.74) is 9.53. The van der Waals surface area contributed by atoms with Crippen LogP contribution in [0, 0.1) is 0 Å². The number of hydrazone groups is 1. The number of amidine groups is 1. The van der Waals surface area contributed by atoms with Crippen LogP contribution >= 0.6 is 0 Å². The highest BCUT2D eigenvalue weighted by atomic mass is 16.5. The molecule has 0 saturated carbocycles. The van der Waals surface area contributed by atoms with E-state index in [1.54, 1.807) is 24.3 Å². The highest BCUT2D eigenvalue weighted by molar-refractivity contribution is 5.97. The normalized spacial score (nSPS) is 11.0. The van der Waals surface area contributed by atoms with E-state index in [4.69, 9.17) is 16.3 Å². The van der Waals surface area contributed by atoms with Gasteiger partial charge in [-0.1, -0.05) is 30.3 Å². The monoisotopic (exact) mass is 300 g/mol. The van der Waals surface area contributed by atoms with Crippen molar-refractivity contribution in [3.05, 3.63) is 59.2 Å². The number of hydrogen-bond acceptors (Lipinski definition) is 6. The summed E-state index contributed by atoms with van der Waals surface area (Å²) in [4.78, 5) is 11.0. The molecule has 0 atom stereocenters. The Morgan fingerprint density at radius 2 is 2.00 bits per heavy atom. The van der Waals surface area contributed by atoms with Gasteiger partial charge >= 0.3 is 0 Å². The number of benzene rings is 2. The molecular weight excluding hydrogens is 284 g/mol. The van der Waals surface area contributed by atoms with Gasteiger partial charge < -0.3 is 15.6 Å². The number of nitrogens with two attached hydrogens (primary N) is 2. The Bertz CT molecular complexity index is 684. The Morgan fingerprint density at radius 3 is 2.64 bits per heavy atom. The van der Waals surface area contributed by atoms with Crippen LogP contribution in [-0.2, 0) is 6.61 Å². The predicted octanol–water partition coefficient (Wildman–Crippen LogP) is 0.867. The van der Waals surface area contributed by atoms with Crippen LogP contribution in [0.1, 0.15) is 21.5 Å². The Balaban J connectivity index is 2.08. The molecule has 114 valence electrons. The zero-order chi connectivity index (χ0) is 15.9. The molecule has 22 heavy (non-hydrogen) atoms. The van der Waals surface area contributed by atoms with Crippen molar-refractivity contribution in [1.82, 2.24) is 5.53 Å². The van der Waals surface area contributed by atoms with Crippen molar-refractivity contribution in [1.29, 1.82) is 0 Å². The van der Waals surface area contributed by atoms with E-state index in [9.17, 15) is 9.90 Å². The van der Waals surface area contributed by atoms with Crippen LogP contribution in [-0.4, -0.2) is 17.2 Å². The first-order chi connectivity index (χ1) is 10.7. The van der Waals surface area contributed by atoms with E-state index in [2.05, 4.69) is 10.6 Å². The zero-order valence-corrected chi connectivity index (χ0v) is 11.7. The maximum Gasteiger partial charge on any atom is 0.157 e. The fraction of sp³-hybridized carbons (Fsp3) is 0.0667. The highest BCUT2D eigenvalue weighted by Crippen LogP contribution is 2.26. The van der Waals surface area contributed by atoms with E-state index < -0.39 is 0 Å². The molecule has 0 aliphatic heterocycles. The molecule has 0 aliphatic rings. The van der Waals surface area contributed by atoms with Crippen molar-refractivity contribution in [2.24, 2.45) is 16.7 Å². The van der Waals surface area contributed by atoms with Gasteiger partial charge in [0, 0.05) is 5.56 Å². The van der Waals surface area contributed by atoms with Gasteiger partial charge in [-0.25, -0.2) is 11.4 Å². The maximum atomic E-state index is 11.0. The van der Waals surface area contributed by atoms with Crippen LogP contribution in [0.5, 0.6) is 11.5 Å². The molecule has 0 amide bonds. The van der Waals surface area contributed by atoms with Crippen LogP contribution in [0.4, 0.5) is 0 Å². The van der Waals surface area contributed by atoms with Gasteiger partial charge in [0.15, 0.2) is 12.1 Å². The summed E-state index contributed by atoms with van der Waals surface area (Å²) in [5, 5.41) is 13.3. The van der Waals surface area contributed by atoms with Crippen molar-refractivity contribution >= 4 is 12.1 Å². The molecule has 7 heteroatoms. The fourth-order valence-electron chi connectivity index (χ4n) is 1.84. The number of hydrogen-bond donors (Lipinski definition) is 4. The van der Waals surface area contributed by atoms with Gasteiger partial charge in [-0.2, -0.15) is 0 Å². The zero-order valence-electron chi connectivity index (χ0n) is 11.7. The maximum absolute atomic E-state index is 11.0. The van der Waals surface area contributed by atoms with Crippen molar-refractivity contribution in [3.63, 3.8) is 0 Å². The number of rotatable bonds is 6. The number of aldehydes is 1. The summed E-state index contributed by atoms with van der Waals surface area (Å²) >= 11 is 0. The van der Waals surface area contributed by atoms with Crippen LogP contribution in [0.2, 0.25) is 0 Å². The Labute approximate surface area is 127 Å². The van der Waals surface area contributed by atoms with Gasteiger partial charge in [0.05, 0.1) is 5.56 Å². The molecule has 0 aromatic heterocycles. The molecule has 0 heterocycles. The standard InChI is InChI=1S/C15H16N4O3/c16-15(18-19-17)11-6-4-10(5-7-11)9-22-14-3-1-2-13(21)12(14)8-20/h1-8,19,21H,9,17H2,(H2,16,18). The van der Waals surface area contributed by atoms with Crippen LogP contribution in [0.3, 0.4) is 0 Å². The predicted molar refractivity (Wildman–Crippen MR) is 82.3 cm³/mol. The van der Waals surface area contributed by atoms with Crippen LogP contribution in [0.15, 0.2) is 47.6 Å². The molecule has 0 radical (unpaired) electrons.